The van der Waals surface area contributed by atoms with E-state index in [4.69, 9.17) is 9.73 Å². The lowest BCUT2D eigenvalue weighted by atomic mass is 10.1. The normalized spacial score (nSPS) is 16.4. The van der Waals surface area contributed by atoms with Gasteiger partial charge in [-0.15, -0.1) is 0 Å². The molecule has 2 rings (SSSR count). The number of nitrogens with zero attached hydrogens (tertiary/aromatic N) is 2. The Morgan fingerprint density at radius 3 is 2.63 bits per heavy atom. The van der Waals surface area contributed by atoms with Crippen LogP contribution in [0.25, 0.3) is 0 Å². The highest BCUT2D eigenvalue weighted by molar-refractivity contribution is 7.89. The number of hydrogen-bond acceptors (Lipinski definition) is 4. The van der Waals surface area contributed by atoms with E-state index >= 15 is 0 Å². The molecule has 8 heteroatoms. The molecule has 1 aromatic carbocycles. The lowest BCUT2D eigenvalue weighted by Crippen LogP contribution is -2.50. The van der Waals surface area contributed by atoms with Crippen LogP contribution in [0.1, 0.15) is 52.0 Å². The Balaban J connectivity index is 1.85. The third-order valence-corrected chi connectivity index (χ3v) is 7.11. The van der Waals surface area contributed by atoms with Crippen molar-refractivity contribution < 1.29 is 13.2 Å². The maximum absolute atomic E-state index is 12.2. The Morgan fingerprint density at radius 2 is 1.97 bits per heavy atom. The highest BCUT2D eigenvalue weighted by atomic mass is 32.2. The second-order valence-corrected chi connectivity index (χ2v) is 9.73. The zero-order valence-electron chi connectivity index (χ0n) is 18.7. The maximum atomic E-state index is 12.2. The highest BCUT2D eigenvalue weighted by Crippen LogP contribution is 2.16. The van der Waals surface area contributed by atoms with Crippen LogP contribution in [0.5, 0.6) is 5.75 Å². The molecule has 0 unspecified atom stereocenters. The number of nitrogens with one attached hydrogen (secondary N) is 2. The molecule has 1 aliphatic rings. The van der Waals surface area contributed by atoms with Gasteiger partial charge in [-0.3, -0.25) is 4.99 Å². The molecule has 0 radical (unpaired) electrons. The van der Waals surface area contributed by atoms with Crippen molar-refractivity contribution in [2.75, 3.05) is 38.5 Å². The molecule has 0 spiro atoms. The Morgan fingerprint density at radius 1 is 1.20 bits per heavy atom. The number of guanidine groups is 1. The largest absolute Gasteiger partial charge is 0.494 e. The smallest absolute Gasteiger partial charge is 0.214 e. The van der Waals surface area contributed by atoms with Gasteiger partial charge >= 0.3 is 0 Å². The Bertz CT molecular complexity index is 759. The Kier molecular flexibility index (Phi) is 10.4. The van der Waals surface area contributed by atoms with E-state index in [1.54, 1.807) is 4.31 Å². The second-order valence-electron chi connectivity index (χ2n) is 7.64. The van der Waals surface area contributed by atoms with Crippen LogP contribution in [0.3, 0.4) is 0 Å². The van der Waals surface area contributed by atoms with Gasteiger partial charge in [-0.2, -0.15) is 0 Å². The number of sulfonamides is 1. The van der Waals surface area contributed by atoms with Gasteiger partial charge < -0.3 is 15.4 Å². The molecule has 1 fully saturated rings. The van der Waals surface area contributed by atoms with Gasteiger partial charge in [0.2, 0.25) is 10.0 Å². The first-order chi connectivity index (χ1) is 14.5. The van der Waals surface area contributed by atoms with Crippen LogP contribution < -0.4 is 15.4 Å². The summed E-state index contributed by atoms with van der Waals surface area (Å²) in [7, 11) is -3.10. The lowest BCUT2D eigenvalue weighted by Gasteiger charge is -2.32. The van der Waals surface area contributed by atoms with Crippen LogP contribution in [0, 0.1) is 0 Å². The van der Waals surface area contributed by atoms with Crippen LogP contribution >= 0.6 is 0 Å². The first-order valence-electron chi connectivity index (χ1n) is 11.2. The summed E-state index contributed by atoms with van der Waals surface area (Å²) in [5, 5.41) is 6.78. The van der Waals surface area contributed by atoms with E-state index < -0.39 is 10.0 Å². The lowest BCUT2D eigenvalue weighted by molar-refractivity contribution is 0.306. The zero-order valence-corrected chi connectivity index (χ0v) is 19.5. The molecule has 0 amide bonds. The third-order valence-electron chi connectivity index (χ3n) is 5.04. The molecule has 1 aromatic rings. The van der Waals surface area contributed by atoms with Crippen molar-refractivity contribution in [1.29, 1.82) is 0 Å². The fourth-order valence-electron chi connectivity index (χ4n) is 3.49. The number of ether oxygens (including phenoxy) is 1. The molecule has 0 aromatic heterocycles. The molecule has 0 bridgehead atoms. The molecule has 170 valence electrons. The third kappa shape index (κ3) is 8.14. The van der Waals surface area contributed by atoms with Crippen molar-refractivity contribution in [3.8, 4) is 5.75 Å². The molecular formula is C22H38N4O3S. The van der Waals surface area contributed by atoms with Crippen LogP contribution in [0.4, 0.5) is 0 Å². The van der Waals surface area contributed by atoms with Gasteiger partial charge in [0, 0.05) is 32.2 Å². The number of hydrogen-bond donors (Lipinski definition) is 2. The average Bonchev–Trinajstić information content (AvgIpc) is 2.73. The van der Waals surface area contributed by atoms with Crippen molar-refractivity contribution >= 4 is 16.0 Å². The molecule has 1 heterocycles. The predicted octanol–water partition coefficient (Wildman–Crippen LogP) is 2.78. The molecule has 1 saturated heterocycles. The Labute approximate surface area is 182 Å². The SMILES string of the molecule is CCCOc1cccc(CCN=C(NCC)NC2CCN(S(=O)(=O)CCC)CC2)c1. The summed E-state index contributed by atoms with van der Waals surface area (Å²) < 4.78 is 31.8. The summed E-state index contributed by atoms with van der Waals surface area (Å²) >= 11 is 0. The first-order valence-corrected chi connectivity index (χ1v) is 12.8. The van der Waals surface area contributed by atoms with Gasteiger partial charge in [0.1, 0.15) is 5.75 Å². The van der Waals surface area contributed by atoms with Gasteiger partial charge in [0.15, 0.2) is 5.96 Å². The molecule has 30 heavy (non-hydrogen) atoms. The summed E-state index contributed by atoms with van der Waals surface area (Å²) in [6, 6.07) is 8.43. The standard InChI is InChI=1S/C22H38N4O3S/c1-4-16-29-21-9-7-8-19(18-21)10-13-24-22(23-6-3)25-20-11-14-26(15-12-20)30(27,28)17-5-2/h7-9,18,20H,4-6,10-17H2,1-3H3,(H2,23,24,25). The van der Waals surface area contributed by atoms with Gasteiger partial charge in [-0.25, -0.2) is 12.7 Å². The van der Waals surface area contributed by atoms with Crippen LogP contribution in [-0.2, 0) is 16.4 Å². The second kappa shape index (κ2) is 12.8. The zero-order chi connectivity index (χ0) is 21.8. The maximum Gasteiger partial charge on any atom is 0.214 e. The van der Waals surface area contributed by atoms with Crippen molar-refractivity contribution in [2.45, 2.75) is 58.9 Å². The van der Waals surface area contributed by atoms with Crippen molar-refractivity contribution in [2.24, 2.45) is 4.99 Å². The number of piperidine rings is 1. The van der Waals surface area contributed by atoms with E-state index in [1.165, 1.54) is 5.56 Å². The molecule has 1 aliphatic heterocycles. The molecule has 0 aliphatic carbocycles. The Hall–Kier alpha value is -1.80. The minimum atomic E-state index is -3.10. The summed E-state index contributed by atoms with van der Waals surface area (Å²) in [5.41, 5.74) is 1.21. The fourth-order valence-corrected chi connectivity index (χ4v) is 5.03. The number of aliphatic imine (C=N–C) groups is 1. The van der Waals surface area contributed by atoms with Crippen LogP contribution in [0.15, 0.2) is 29.3 Å². The number of benzene rings is 1. The van der Waals surface area contributed by atoms with Crippen LogP contribution in [0.2, 0.25) is 0 Å². The summed E-state index contributed by atoms with van der Waals surface area (Å²) in [4.78, 5) is 4.71. The molecule has 0 atom stereocenters. The molecule has 0 saturated carbocycles. The topological polar surface area (TPSA) is 83.0 Å². The van der Waals surface area contributed by atoms with Crippen LogP contribution in [-0.4, -0.2) is 63.3 Å². The quantitative estimate of drug-likeness (QED) is 0.410. The minimum Gasteiger partial charge on any atom is -0.494 e. The van der Waals surface area contributed by atoms with Gasteiger partial charge in [-0.05, 0) is 56.7 Å². The van der Waals surface area contributed by atoms with E-state index in [1.807, 2.05) is 26.0 Å². The summed E-state index contributed by atoms with van der Waals surface area (Å²) in [6.45, 7) is 9.39. The van der Waals surface area contributed by atoms with Crippen molar-refractivity contribution in [1.82, 2.24) is 14.9 Å². The fraction of sp³-hybridized carbons (Fsp3) is 0.682. The van der Waals surface area contributed by atoms with E-state index in [0.717, 1.165) is 50.5 Å². The van der Waals surface area contributed by atoms with Gasteiger partial charge in [0.05, 0.1) is 12.4 Å². The monoisotopic (exact) mass is 438 g/mol. The number of rotatable bonds is 11. The average molecular weight is 439 g/mol. The van der Waals surface area contributed by atoms with Crippen molar-refractivity contribution in [3.63, 3.8) is 0 Å². The molecule has 7 nitrogen and oxygen atoms in total. The molecular weight excluding hydrogens is 400 g/mol. The van der Waals surface area contributed by atoms with Gasteiger partial charge in [-0.1, -0.05) is 26.0 Å². The molecule has 2 N–H and O–H groups in total. The predicted molar refractivity (Wildman–Crippen MR) is 124 cm³/mol. The summed E-state index contributed by atoms with van der Waals surface area (Å²) in [6.07, 6.45) is 4.09. The highest BCUT2D eigenvalue weighted by Gasteiger charge is 2.27. The first kappa shape index (κ1) is 24.5. The minimum absolute atomic E-state index is 0.236. The van der Waals surface area contributed by atoms with E-state index in [-0.39, 0.29) is 11.8 Å². The van der Waals surface area contributed by atoms with Gasteiger partial charge in [0.25, 0.3) is 0 Å². The van der Waals surface area contributed by atoms with E-state index in [9.17, 15) is 8.42 Å². The van der Waals surface area contributed by atoms with Crippen molar-refractivity contribution in [3.05, 3.63) is 29.8 Å². The summed E-state index contributed by atoms with van der Waals surface area (Å²) in [5.74, 6) is 1.94. The van der Waals surface area contributed by atoms with E-state index in [0.29, 0.717) is 26.1 Å². The van der Waals surface area contributed by atoms with E-state index in [2.05, 4.69) is 29.7 Å².